The molecular weight excluding hydrogens is 304 g/mol. The van der Waals surface area contributed by atoms with Crippen LogP contribution >= 0.6 is 0 Å². The molecule has 0 unspecified atom stereocenters. The second kappa shape index (κ2) is 4.76. The van der Waals surface area contributed by atoms with Crippen molar-refractivity contribution in [3.8, 4) is 11.1 Å². The summed E-state index contributed by atoms with van der Waals surface area (Å²) in [4.78, 5) is 5.00. The largest absolute Gasteiger partial charge is 0.300 e. The van der Waals surface area contributed by atoms with E-state index in [1.165, 1.54) is 11.1 Å². The molecule has 2 nitrogen and oxygen atoms in total. The molecule has 3 aromatic carbocycles. The number of aliphatic imine (C=N–C) groups is 1. The van der Waals surface area contributed by atoms with E-state index in [1.54, 1.807) is 0 Å². The summed E-state index contributed by atoms with van der Waals surface area (Å²) in [6, 6.07) is 22.9. The number of hydrogen-bond donors (Lipinski definition) is 1. The minimum Gasteiger partial charge on any atom is -0.300 e. The van der Waals surface area contributed by atoms with Crippen molar-refractivity contribution in [3.05, 3.63) is 89.0 Å². The summed E-state index contributed by atoms with van der Waals surface area (Å²) in [6.45, 7) is 4.45. The predicted molar refractivity (Wildman–Crippen MR) is 103 cm³/mol. The molecule has 0 aromatic heterocycles. The summed E-state index contributed by atoms with van der Waals surface area (Å²) < 4.78 is 0. The van der Waals surface area contributed by atoms with Crippen LogP contribution in [-0.2, 0) is 5.41 Å². The lowest BCUT2D eigenvalue weighted by Crippen LogP contribution is -2.26. The summed E-state index contributed by atoms with van der Waals surface area (Å²) >= 11 is 0. The molecule has 1 heterocycles. The Morgan fingerprint density at radius 3 is 2.20 bits per heavy atom. The highest BCUT2D eigenvalue weighted by Crippen LogP contribution is 2.47. The van der Waals surface area contributed by atoms with Crippen molar-refractivity contribution in [1.82, 2.24) is 0 Å². The van der Waals surface area contributed by atoms with E-state index in [0.29, 0.717) is 5.71 Å². The maximum Gasteiger partial charge on any atom is 0.0697 e. The van der Waals surface area contributed by atoms with Crippen LogP contribution in [0, 0.1) is 5.41 Å². The minimum atomic E-state index is -0.166. The standard InChI is InChI=1S/C23H18N2/c1-23(2)19-12-18-17(15-10-6-7-11-16(15)21(18)24)13-20(19)25-22(23)14-8-4-3-5-9-14/h3-13,24H,1-2H3. The highest BCUT2D eigenvalue weighted by Gasteiger charge is 2.38. The van der Waals surface area contributed by atoms with Crippen molar-refractivity contribution in [1.29, 1.82) is 5.41 Å². The number of benzene rings is 3. The number of nitrogens with one attached hydrogen (secondary N) is 1. The quantitative estimate of drug-likeness (QED) is 0.481. The Kier molecular flexibility index (Phi) is 2.73. The molecule has 0 saturated carbocycles. The smallest absolute Gasteiger partial charge is 0.0697 e. The summed E-state index contributed by atoms with van der Waals surface area (Å²) in [7, 11) is 0. The molecule has 0 fully saturated rings. The van der Waals surface area contributed by atoms with Crippen LogP contribution in [0.4, 0.5) is 5.69 Å². The predicted octanol–water partition coefficient (Wildman–Crippen LogP) is 5.50. The van der Waals surface area contributed by atoms with Crippen LogP contribution in [-0.4, -0.2) is 11.4 Å². The summed E-state index contributed by atoms with van der Waals surface area (Å²) in [5.74, 6) is 0. The van der Waals surface area contributed by atoms with Gasteiger partial charge in [-0.3, -0.25) is 10.4 Å². The summed E-state index contributed by atoms with van der Waals surface area (Å²) in [5.41, 5.74) is 9.29. The molecule has 0 radical (unpaired) electrons. The molecule has 3 aromatic rings. The monoisotopic (exact) mass is 322 g/mol. The van der Waals surface area contributed by atoms with E-state index in [0.717, 1.165) is 33.7 Å². The van der Waals surface area contributed by atoms with Crippen molar-refractivity contribution < 1.29 is 0 Å². The average molecular weight is 322 g/mol. The Morgan fingerprint density at radius 1 is 0.760 bits per heavy atom. The third kappa shape index (κ3) is 1.85. The van der Waals surface area contributed by atoms with Crippen LogP contribution < -0.4 is 0 Å². The zero-order chi connectivity index (χ0) is 17.2. The molecule has 25 heavy (non-hydrogen) atoms. The van der Waals surface area contributed by atoms with Gasteiger partial charge in [0.1, 0.15) is 0 Å². The first-order valence-electron chi connectivity index (χ1n) is 8.59. The van der Waals surface area contributed by atoms with Crippen molar-refractivity contribution in [2.75, 3.05) is 0 Å². The molecule has 120 valence electrons. The zero-order valence-electron chi connectivity index (χ0n) is 14.3. The Morgan fingerprint density at radius 2 is 1.44 bits per heavy atom. The first-order valence-corrected chi connectivity index (χ1v) is 8.59. The molecule has 5 rings (SSSR count). The molecule has 1 N–H and O–H groups in total. The van der Waals surface area contributed by atoms with Crippen LogP contribution in [0.5, 0.6) is 0 Å². The summed E-state index contributed by atoms with van der Waals surface area (Å²) in [5, 5.41) is 8.58. The second-order valence-corrected chi connectivity index (χ2v) is 7.29. The van der Waals surface area contributed by atoms with Gasteiger partial charge >= 0.3 is 0 Å². The third-order valence-corrected chi connectivity index (χ3v) is 5.44. The van der Waals surface area contributed by atoms with Gasteiger partial charge in [-0.2, -0.15) is 0 Å². The van der Waals surface area contributed by atoms with E-state index in [2.05, 4.69) is 56.3 Å². The Hall–Kier alpha value is -3.00. The van der Waals surface area contributed by atoms with Crippen molar-refractivity contribution in [2.24, 2.45) is 4.99 Å². The van der Waals surface area contributed by atoms with Crippen LogP contribution in [0.25, 0.3) is 11.1 Å². The fraction of sp³-hybridized carbons (Fsp3) is 0.130. The first-order chi connectivity index (χ1) is 12.1. The van der Waals surface area contributed by atoms with Crippen molar-refractivity contribution >= 4 is 17.1 Å². The van der Waals surface area contributed by atoms with Crippen LogP contribution in [0.15, 0.2) is 71.7 Å². The van der Waals surface area contributed by atoms with Gasteiger partial charge in [-0.25, -0.2) is 0 Å². The van der Waals surface area contributed by atoms with Crippen LogP contribution in [0.2, 0.25) is 0 Å². The Bertz CT molecular complexity index is 1070. The molecule has 0 amide bonds. The van der Waals surface area contributed by atoms with Gasteiger partial charge in [-0.1, -0.05) is 68.4 Å². The lowest BCUT2D eigenvalue weighted by Gasteiger charge is -2.23. The van der Waals surface area contributed by atoms with Crippen molar-refractivity contribution in [3.63, 3.8) is 0 Å². The first kappa shape index (κ1) is 14.4. The number of fused-ring (bicyclic) bond motifs is 4. The number of rotatable bonds is 1. The van der Waals surface area contributed by atoms with Gasteiger partial charge in [-0.05, 0) is 34.4 Å². The maximum atomic E-state index is 8.58. The van der Waals surface area contributed by atoms with E-state index < -0.39 is 0 Å². The SMILES string of the molecule is CC1(C)C(c2ccccc2)=Nc2cc3c(cc21)C(=N)c1ccccc1-3. The highest BCUT2D eigenvalue weighted by atomic mass is 14.8. The molecule has 1 aliphatic heterocycles. The van der Waals surface area contributed by atoms with E-state index in [1.807, 2.05) is 24.3 Å². The molecule has 2 heteroatoms. The van der Waals surface area contributed by atoms with E-state index in [4.69, 9.17) is 10.4 Å². The van der Waals surface area contributed by atoms with Gasteiger partial charge in [0.25, 0.3) is 0 Å². The highest BCUT2D eigenvalue weighted by molar-refractivity contribution is 6.24. The van der Waals surface area contributed by atoms with Crippen LogP contribution in [0.1, 0.15) is 36.1 Å². The lowest BCUT2D eigenvalue weighted by molar-refractivity contribution is 0.737. The van der Waals surface area contributed by atoms with Crippen molar-refractivity contribution in [2.45, 2.75) is 19.3 Å². The van der Waals surface area contributed by atoms with Gasteiger partial charge in [0.15, 0.2) is 0 Å². The van der Waals surface area contributed by atoms with Gasteiger partial charge in [0.2, 0.25) is 0 Å². The van der Waals surface area contributed by atoms with Gasteiger partial charge in [0, 0.05) is 16.5 Å². The van der Waals surface area contributed by atoms with Crippen LogP contribution in [0.3, 0.4) is 0 Å². The van der Waals surface area contributed by atoms with E-state index in [9.17, 15) is 0 Å². The molecule has 0 spiro atoms. The van der Waals surface area contributed by atoms with E-state index in [-0.39, 0.29) is 5.41 Å². The Balaban J connectivity index is 1.74. The average Bonchev–Trinajstić information content (AvgIpc) is 3.06. The maximum absolute atomic E-state index is 8.58. The van der Waals surface area contributed by atoms with Gasteiger partial charge < -0.3 is 0 Å². The summed E-state index contributed by atoms with van der Waals surface area (Å²) in [6.07, 6.45) is 0. The Labute approximate surface area is 147 Å². The number of hydrogen-bond acceptors (Lipinski definition) is 2. The third-order valence-electron chi connectivity index (χ3n) is 5.44. The molecular formula is C23H18N2. The fourth-order valence-electron chi connectivity index (χ4n) is 4.10. The zero-order valence-corrected chi connectivity index (χ0v) is 14.3. The normalized spacial score (nSPS) is 16.2. The molecule has 0 atom stereocenters. The molecule has 0 bridgehead atoms. The molecule has 0 saturated heterocycles. The topological polar surface area (TPSA) is 36.2 Å². The minimum absolute atomic E-state index is 0.166. The lowest BCUT2D eigenvalue weighted by atomic mass is 9.78. The molecule has 2 aliphatic rings. The van der Waals surface area contributed by atoms with Gasteiger partial charge in [0.05, 0.1) is 17.1 Å². The van der Waals surface area contributed by atoms with Gasteiger partial charge in [-0.15, -0.1) is 0 Å². The second-order valence-electron chi connectivity index (χ2n) is 7.29. The van der Waals surface area contributed by atoms with E-state index >= 15 is 0 Å². The molecule has 1 aliphatic carbocycles. The number of nitrogens with zero attached hydrogens (tertiary/aromatic N) is 1. The fourth-order valence-corrected chi connectivity index (χ4v) is 4.10.